The van der Waals surface area contributed by atoms with Gasteiger partial charge in [-0.25, -0.2) is 4.98 Å². The highest BCUT2D eigenvalue weighted by molar-refractivity contribution is 5.59. The number of anilines is 2. The van der Waals surface area contributed by atoms with Gasteiger partial charge in [0.05, 0.1) is 11.6 Å². The topological polar surface area (TPSA) is 48.7 Å². The van der Waals surface area contributed by atoms with E-state index < -0.39 is 0 Å². The molecule has 0 saturated heterocycles. The first-order chi connectivity index (χ1) is 8.56. The quantitative estimate of drug-likeness (QED) is 0.867. The minimum absolute atomic E-state index is 0.620. The summed E-state index contributed by atoms with van der Waals surface area (Å²) in [4.78, 5) is 4.37. The molecule has 0 aliphatic heterocycles. The Morgan fingerprint density at radius 1 is 1.00 bits per heavy atom. The van der Waals surface area contributed by atoms with Crippen LogP contribution >= 0.6 is 0 Å². The summed E-state index contributed by atoms with van der Waals surface area (Å²) in [5.41, 5.74) is 4.85. The molecule has 0 unspecified atom stereocenters. The molecule has 0 aliphatic rings. The van der Waals surface area contributed by atoms with Crippen LogP contribution in [0.15, 0.2) is 30.3 Å². The van der Waals surface area contributed by atoms with Crippen LogP contribution in [-0.2, 0) is 0 Å². The van der Waals surface area contributed by atoms with Crippen molar-refractivity contribution in [2.24, 2.45) is 0 Å². The van der Waals surface area contributed by atoms with E-state index in [1.54, 1.807) is 12.1 Å². The molecule has 0 bridgehead atoms. The number of nitrogens with one attached hydrogen (secondary N) is 1. The van der Waals surface area contributed by atoms with Crippen LogP contribution in [-0.4, -0.2) is 4.98 Å². The highest BCUT2D eigenvalue weighted by Gasteiger charge is 2.01. The van der Waals surface area contributed by atoms with Gasteiger partial charge in [-0.15, -0.1) is 0 Å². The fourth-order valence-electron chi connectivity index (χ4n) is 1.99. The van der Waals surface area contributed by atoms with Crippen molar-refractivity contribution >= 4 is 11.5 Å². The van der Waals surface area contributed by atoms with E-state index in [4.69, 9.17) is 5.26 Å². The molecule has 1 aromatic heterocycles. The molecule has 1 heterocycles. The van der Waals surface area contributed by atoms with Gasteiger partial charge in [0.1, 0.15) is 5.82 Å². The molecule has 0 fully saturated rings. The number of nitrogens with zero attached hydrogens (tertiary/aromatic N) is 2. The summed E-state index contributed by atoms with van der Waals surface area (Å²) in [7, 11) is 0. The number of pyridine rings is 1. The fraction of sp³-hybridized carbons (Fsp3) is 0.200. The Morgan fingerprint density at radius 3 is 2.28 bits per heavy atom. The van der Waals surface area contributed by atoms with E-state index in [1.807, 2.05) is 6.92 Å². The Balaban J connectivity index is 2.34. The van der Waals surface area contributed by atoms with Crippen molar-refractivity contribution < 1.29 is 0 Å². The number of nitriles is 1. The van der Waals surface area contributed by atoms with Crippen LogP contribution in [0, 0.1) is 32.1 Å². The Bertz CT molecular complexity index is 604. The number of aromatic nitrogens is 1. The van der Waals surface area contributed by atoms with Gasteiger partial charge in [-0.1, -0.05) is 6.07 Å². The van der Waals surface area contributed by atoms with Crippen molar-refractivity contribution in [2.75, 3.05) is 5.32 Å². The van der Waals surface area contributed by atoms with Crippen LogP contribution in [0.5, 0.6) is 0 Å². The maximum atomic E-state index is 8.94. The fourth-order valence-corrected chi connectivity index (χ4v) is 1.99. The minimum atomic E-state index is 0.620. The smallest absolute Gasteiger partial charge is 0.131 e. The predicted octanol–water partition coefficient (Wildman–Crippen LogP) is 3.62. The van der Waals surface area contributed by atoms with Gasteiger partial charge in [0, 0.05) is 11.4 Å². The van der Waals surface area contributed by atoms with Gasteiger partial charge >= 0.3 is 0 Å². The van der Waals surface area contributed by atoms with Gasteiger partial charge in [0.2, 0.25) is 0 Å². The van der Waals surface area contributed by atoms with Crippen molar-refractivity contribution in [3.63, 3.8) is 0 Å². The van der Waals surface area contributed by atoms with Crippen LogP contribution in [0.2, 0.25) is 0 Å². The third kappa shape index (κ3) is 2.86. The number of rotatable bonds is 2. The van der Waals surface area contributed by atoms with Crippen molar-refractivity contribution in [3.8, 4) is 6.07 Å². The molecule has 0 spiro atoms. The molecule has 0 radical (unpaired) electrons. The number of aryl methyl sites for hydroxylation is 3. The number of hydrogen-bond donors (Lipinski definition) is 1. The van der Waals surface area contributed by atoms with Crippen LogP contribution in [0.25, 0.3) is 0 Å². The largest absolute Gasteiger partial charge is 0.340 e. The number of benzene rings is 1. The van der Waals surface area contributed by atoms with Crippen molar-refractivity contribution in [1.82, 2.24) is 4.98 Å². The average molecular weight is 237 g/mol. The Hall–Kier alpha value is -2.34. The SMILES string of the molecule is Cc1cc(C)cc(Nc2cc(C#N)cc(C)n2)c1. The van der Waals surface area contributed by atoms with Gasteiger partial charge < -0.3 is 5.32 Å². The molecule has 2 aromatic rings. The van der Waals surface area contributed by atoms with Crippen molar-refractivity contribution in [1.29, 1.82) is 5.26 Å². The second kappa shape index (κ2) is 4.89. The lowest BCUT2D eigenvalue weighted by Gasteiger charge is -2.09. The molecule has 0 atom stereocenters. The zero-order valence-corrected chi connectivity index (χ0v) is 10.8. The minimum Gasteiger partial charge on any atom is -0.340 e. The van der Waals surface area contributed by atoms with Crippen LogP contribution in [0.1, 0.15) is 22.4 Å². The zero-order chi connectivity index (χ0) is 13.1. The second-order valence-corrected chi connectivity index (χ2v) is 4.50. The van der Waals surface area contributed by atoms with E-state index in [1.165, 1.54) is 11.1 Å². The molecule has 3 nitrogen and oxygen atoms in total. The normalized spacial score (nSPS) is 9.89. The summed E-state index contributed by atoms with van der Waals surface area (Å²) in [6.45, 7) is 6.00. The van der Waals surface area contributed by atoms with E-state index in [0.717, 1.165) is 11.4 Å². The molecule has 90 valence electrons. The summed E-state index contributed by atoms with van der Waals surface area (Å²) in [6, 6.07) is 11.9. The van der Waals surface area contributed by atoms with Gasteiger partial charge in [0.25, 0.3) is 0 Å². The molecule has 0 amide bonds. The van der Waals surface area contributed by atoms with Crippen LogP contribution < -0.4 is 5.32 Å². The average Bonchev–Trinajstić information content (AvgIpc) is 2.26. The molecule has 0 saturated carbocycles. The van der Waals surface area contributed by atoms with Gasteiger partial charge in [-0.3, -0.25) is 0 Å². The summed E-state index contributed by atoms with van der Waals surface area (Å²) < 4.78 is 0. The standard InChI is InChI=1S/C15H15N3/c1-10-4-11(2)6-14(5-10)18-15-8-13(9-16)7-12(3)17-15/h4-8H,1-3H3,(H,17,18). The Kier molecular flexibility index (Phi) is 3.29. The van der Waals surface area contributed by atoms with Gasteiger partial charge in [0.15, 0.2) is 0 Å². The monoisotopic (exact) mass is 237 g/mol. The Morgan fingerprint density at radius 2 is 1.67 bits per heavy atom. The first kappa shape index (κ1) is 12.1. The summed E-state index contributed by atoms with van der Waals surface area (Å²) in [5, 5.41) is 12.2. The van der Waals surface area contributed by atoms with E-state index in [0.29, 0.717) is 11.4 Å². The van der Waals surface area contributed by atoms with Crippen molar-refractivity contribution in [2.45, 2.75) is 20.8 Å². The maximum absolute atomic E-state index is 8.94. The summed E-state index contributed by atoms with van der Waals surface area (Å²) in [5.74, 6) is 0.705. The van der Waals surface area contributed by atoms with Crippen LogP contribution in [0.4, 0.5) is 11.5 Å². The van der Waals surface area contributed by atoms with E-state index in [2.05, 4.69) is 48.4 Å². The van der Waals surface area contributed by atoms with Gasteiger partial charge in [-0.2, -0.15) is 5.26 Å². The zero-order valence-electron chi connectivity index (χ0n) is 10.8. The molecule has 0 aliphatic carbocycles. The summed E-state index contributed by atoms with van der Waals surface area (Å²) in [6.07, 6.45) is 0. The molecular weight excluding hydrogens is 222 g/mol. The predicted molar refractivity (Wildman–Crippen MR) is 72.9 cm³/mol. The first-order valence-electron chi connectivity index (χ1n) is 5.81. The van der Waals surface area contributed by atoms with E-state index >= 15 is 0 Å². The van der Waals surface area contributed by atoms with Crippen molar-refractivity contribution in [3.05, 3.63) is 52.7 Å². The number of hydrogen-bond acceptors (Lipinski definition) is 3. The third-order valence-corrected chi connectivity index (χ3v) is 2.58. The third-order valence-electron chi connectivity index (χ3n) is 2.58. The molecule has 1 aromatic carbocycles. The molecular formula is C15H15N3. The van der Waals surface area contributed by atoms with Gasteiger partial charge in [-0.05, 0) is 56.2 Å². The molecule has 18 heavy (non-hydrogen) atoms. The van der Waals surface area contributed by atoms with E-state index in [-0.39, 0.29) is 0 Å². The lowest BCUT2D eigenvalue weighted by Crippen LogP contribution is -1.97. The van der Waals surface area contributed by atoms with Crippen LogP contribution in [0.3, 0.4) is 0 Å². The first-order valence-corrected chi connectivity index (χ1v) is 5.81. The molecule has 3 heteroatoms. The lowest BCUT2D eigenvalue weighted by molar-refractivity contribution is 1.19. The lowest BCUT2D eigenvalue weighted by atomic mass is 10.1. The van der Waals surface area contributed by atoms with E-state index in [9.17, 15) is 0 Å². The molecule has 1 N–H and O–H groups in total. The Labute approximate surface area is 107 Å². The highest BCUT2D eigenvalue weighted by atomic mass is 15.0. The molecule has 2 rings (SSSR count). The summed E-state index contributed by atoms with van der Waals surface area (Å²) >= 11 is 0. The maximum Gasteiger partial charge on any atom is 0.131 e. The highest BCUT2D eigenvalue weighted by Crippen LogP contribution is 2.19. The second-order valence-electron chi connectivity index (χ2n) is 4.50.